The summed E-state index contributed by atoms with van der Waals surface area (Å²) in [4.78, 5) is 0. The fraction of sp³-hybridized carbons (Fsp3) is 0.455. The van der Waals surface area contributed by atoms with Crippen LogP contribution >= 0.6 is 0 Å². The highest BCUT2D eigenvalue weighted by molar-refractivity contribution is 5.16. The Morgan fingerprint density at radius 2 is 2.08 bits per heavy atom. The quantitative estimate of drug-likeness (QED) is 0.488. The van der Waals surface area contributed by atoms with Gasteiger partial charge in [-0.3, -0.25) is 0 Å². The van der Waals surface area contributed by atoms with Crippen LogP contribution in [0.25, 0.3) is 0 Å². The molecule has 1 heteroatoms. The van der Waals surface area contributed by atoms with Gasteiger partial charge in [0.05, 0.1) is 0 Å². The monoisotopic (exact) mass is 165 g/mol. The van der Waals surface area contributed by atoms with E-state index in [0.717, 1.165) is 17.7 Å². The van der Waals surface area contributed by atoms with E-state index in [0.29, 0.717) is 6.04 Å². The molecule has 0 bridgehead atoms. The summed E-state index contributed by atoms with van der Waals surface area (Å²) < 4.78 is 0. The summed E-state index contributed by atoms with van der Waals surface area (Å²) in [6.07, 6.45) is 4.98. The van der Waals surface area contributed by atoms with E-state index < -0.39 is 0 Å². The topological polar surface area (TPSA) is 12.0 Å². The molecule has 0 saturated carbocycles. The van der Waals surface area contributed by atoms with E-state index in [4.69, 9.17) is 0 Å². The number of rotatable bonds is 5. The first-order chi connectivity index (χ1) is 5.61. The van der Waals surface area contributed by atoms with Crippen LogP contribution in [0.2, 0.25) is 0 Å². The zero-order chi connectivity index (χ0) is 9.56. The van der Waals surface area contributed by atoms with Crippen LogP contribution in [0, 0.1) is 0 Å². The molecule has 0 spiro atoms. The van der Waals surface area contributed by atoms with Crippen LogP contribution in [0.3, 0.4) is 0 Å². The smallest absolute Gasteiger partial charge is 0.0465 e. The third-order valence-electron chi connectivity index (χ3n) is 1.73. The Morgan fingerprint density at radius 1 is 1.50 bits per heavy atom. The predicted molar refractivity (Wildman–Crippen MR) is 56.0 cm³/mol. The van der Waals surface area contributed by atoms with Gasteiger partial charge in [0.25, 0.3) is 0 Å². The van der Waals surface area contributed by atoms with Crippen molar-refractivity contribution in [3.63, 3.8) is 0 Å². The fourth-order valence-electron chi connectivity index (χ4n) is 1.05. The van der Waals surface area contributed by atoms with Gasteiger partial charge >= 0.3 is 0 Å². The number of hydrogen-bond acceptors (Lipinski definition) is 1. The lowest BCUT2D eigenvalue weighted by molar-refractivity contribution is 0.630. The van der Waals surface area contributed by atoms with Gasteiger partial charge in [0, 0.05) is 11.7 Å². The van der Waals surface area contributed by atoms with Crippen LogP contribution in [0.15, 0.2) is 36.6 Å². The average Bonchev–Trinajstić information content (AvgIpc) is 2.00. The second-order valence-electron chi connectivity index (χ2n) is 2.98. The van der Waals surface area contributed by atoms with Crippen LogP contribution in [0.4, 0.5) is 0 Å². The first kappa shape index (κ1) is 11.0. The zero-order valence-corrected chi connectivity index (χ0v) is 8.35. The van der Waals surface area contributed by atoms with Crippen molar-refractivity contribution in [1.29, 1.82) is 0 Å². The average molecular weight is 165 g/mol. The lowest BCUT2D eigenvalue weighted by Gasteiger charge is -2.18. The third kappa shape index (κ3) is 4.02. The van der Waals surface area contributed by atoms with Crippen molar-refractivity contribution in [3.05, 3.63) is 36.6 Å². The minimum atomic E-state index is 0.355. The van der Waals surface area contributed by atoms with Crippen molar-refractivity contribution in [1.82, 2.24) is 5.32 Å². The molecule has 0 aliphatic heterocycles. The Hall–Kier alpha value is -0.980. The van der Waals surface area contributed by atoms with Crippen LogP contribution < -0.4 is 5.32 Å². The SMILES string of the molecule is C=C(C=CC)NC(CC)C(=C)C. The highest BCUT2D eigenvalue weighted by atomic mass is 14.9. The van der Waals surface area contributed by atoms with Gasteiger partial charge in [0.2, 0.25) is 0 Å². The maximum Gasteiger partial charge on any atom is 0.0465 e. The summed E-state index contributed by atoms with van der Waals surface area (Å²) in [7, 11) is 0. The Bertz CT molecular complexity index is 189. The van der Waals surface area contributed by atoms with E-state index in [9.17, 15) is 0 Å². The number of hydrogen-bond donors (Lipinski definition) is 1. The van der Waals surface area contributed by atoms with Gasteiger partial charge in [-0.25, -0.2) is 0 Å². The van der Waals surface area contributed by atoms with E-state index in [2.05, 4.69) is 25.4 Å². The Balaban J connectivity index is 4.03. The first-order valence-corrected chi connectivity index (χ1v) is 4.35. The molecule has 0 aromatic rings. The van der Waals surface area contributed by atoms with Crippen LogP contribution in [0.1, 0.15) is 27.2 Å². The van der Waals surface area contributed by atoms with E-state index in [1.807, 2.05) is 26.0 Å². The summed E-state index contributed by atoms with van der Waals surface area (Å²) in [6.45, 7) is 13.9. The van der Waals surface area contributed by atoms with Crippen LogP contribution in [-0.4, -0.2) is 6.04 Å². The molecule has 1 N–H and O–H groups in total. The summed E-state index contributed by atoms with van der Waals surface area (Å²) in [6, 6.07) is 0.355. The van der Waals surface area contributed by atoms with Gasteiger partial charge in [-0.15, -0.1) is 0 Å². The molecule has 1 atom stereocenters. The van der Waals surface area contributed by atoms with Gasteiger partial charge in [0.15, 0.2) is 0 Å². The molecular formula is C11H19N. The third-order valence-corrected chi connectivity index (χ3v) is 1.73. The Labute approximate surface area is 75.9 Å². The van der Waals surface area contributed by atoms with E-state index >= 15 is 0 Å². The largest absolute Gasteiger partial charge is 0.379 e. The molecule has 0 rings (SSSR count). The summed E-state index contributed by atoms with van der Waals surface area (Å²) in [5.74, 6) is 0. The van der Waals surface area contributed by atoms with E-state index in [1.165, 1.54) is 0 Å². The van der Waals surface area contributed by atoms with Gasteiger partial charge in [-0.1, -0.05) is 31.7 Å². The van der Waals surface area contributed by atoms with Crippen LogP contribution in [-0.2, 0) is 0 Å². The molecule has 12 heavy (non-hydrogen) atoms. The molecule has 0 aliphatic carbocycles. The summed E-state index contributed by atoms with van der Waals surface area (Å²) >= 11 is 0. The second-order valence-corrected chi connectivity index (χ2v) is 2.98. The molecule has 0 amide bonds. The molecule has 0 aromatic carbocycles. The van der Waals surface area contributed by atoms with Crippen molar-refractivity contribution in [2.24, 2.45) is 0 Å². The Kier molecular flexibility index (Phi) is 5.18. The molecular weight excluding hydrogens is 146 g/mol. The molecule has 0 aromatic heterocycles. The van der Waals surface area contributed by atoms with Crippen molar-refractivity contribution < 1.29 is 0 Å². The summed E-state index contributed by atoms with van der Waals surface area (Å²) in [5.41, 5.74) is 2.11. The number of allylic oxidation sites excluding steroid dienone is 2. The van der Waals surface area contributed by atoms with E-state index in [-0.39, 0.29) is 0 Å². The summed E-state index contributed by atoms with van der Waals surface area (Å²) in [5, 5.41) is 3.29. The van der Waals surface area contributed by atoms with Crippen molar-refractivity contribution >= 4 is 0 Å². The zero-order valence-electron chi connectivity index (χ0n) is 8.35. The minimum absolute atomic E-state index is 0.355. The van der Waals surface area contributed by atoms with Gasteiger partial charge in [-0.05, 0) is 26.3 Å². The lowest BCUT2D eigenvalue weighted by Crippen LogP contribution is -2.27. The first-order valence-electron chi connectivity index (χ1n) is 4.35. The second kappa shape index (κ2) is 5.64. The van der Waals surface area contributed by atoms with Gasteiger partial charge < -0.3 is 5.32 Å². The molecule has 0 fully saturated rings. The maximum atomic E-state index is 3.91. The van der Waals surface area contributed by atoms with Crippen molar-refractivity contribution in [2.45, 2.75) is 33.2 Å². The lowest BCUT2D eigenvalue weighted by atomic mass is 10.1. The van der Waals surface area contributed by atoms with E-state index in [1.54, 1.807) is 0 Å². The normalized spacial score (nSPS) is 12.9. The molecule has 1 nitrogen and oxygen atoms in total. The predicted octanol–water partition coefficient (Wildman–Crippen LogP) is 3.02. The molecule has 0 saturated heterocycles. The van der Waals surface area contributed by atoms with Gasteiger partial charge in [-0.2, -0.15) is 0 Å². The van der Waals surface area contributed by atoms with Crippen molar-refractivity contribution in [3.8, 4) is 0 Å². The molecule has 68 valence electrons. The maximum absolute atomic E-state index is 3.91. The molecule has 1 unspecified atom stereocenters. The number of nitrogens with one attached hydrogen (secondary N) is 1. The Morgan fingerprint density at radius 3 is 2.42 bits per heavy atom. The molecule has 0 radical (unpaired) electrons. The van der Waals surface area contributed by atoms with Gasteiger partial charge in [0.1, 0.15) is 0 Å². The minimum Gasteiger partial charge on any atom is -0.379 e. The molecule has 0 heterocycles. The van der Waals surface area contributed by atoms with Crippen molar-refractivity contribution in [2.75, 3.05) is 0 Å². The standard InChI is InChI=1S/C11H19N/c1-6-8-10(5)12-11(7-2)9(3)4/h6,8,11-12H,3,5,7H2,1-2,4H3. The highest BCUT2D eigenvalue weighted by Gasteiger charge is 2.04. The van der Waals surface area contributed by atoms with Crippen LogP contribution in [0.5, 0.6) is 0 Å². The highest BCUT2D eigenvalue weighted by Crippen LogP contribution is 2.04. The molecule has 0 aliphatic rings. The fourth-order valence-corrected chi connectivity index (χ4v) is 1.05.